The maximum atomic E-state index is 12.0. The molecule has 0 heterocycles. The van der Waals surface area contributed by atoms with Gasteiger partial charge in [-0.1, -0.05) is 11.6 Å². The molecule has 2 N–H and O–H groups in total. The minimum absolute atomic E-state index is 0.107. The summed E-state index contributed by atoms with van der Waals surface area (Å²) in [7, 11) is 0. The van der Waals surface area contributed by atoms with Crippen LogP contribution < -0.4 is 5.32 Å². The van der Waals surface area contributed by atoms with Gasteiger partial charge in [0, 0.05) is 18.0 Å². The monoisotopic (exact) mass is 285 g/mol. The summed E-state index contributed by atoms with van der Waals surface area (Å²) in [5.41, 5.74) is 0.555. The molecule has 1 aromatic carbocycles. The third-order valence-corrected chi connectivity index (χ3v) is 4.03. The molecule has 1 fully saturated rings. The number of rotatable bonds is 5. The van der Waals surface area contributed by atoms with Crippen LogP contribution in [0.4, 0.5) is 0 Å². The standard InChI is InChI=1S/C13H16ClNO2S/c14-11-2-1-9(18)7-10(11)12(17)15-8-13(3-4-13)5-6-16/h1-2,7,16,18H,3-6,8H2,(H,15,17). The lowest BCUT2D eigenvalue weighted by Gasteiger charge is -2.15. The molecule has 0 atom stereocenters. The van der Waals surface area contributed by atoms with E-state index < -0.39 is 0 Å². The van der Waals surface area contributed by atoms with Gasteiger partial charge in [-0.15, -0.1) is 12.6 Å². The van der Waals surface area contributed by atoms with Crippen LogP contribution in [0.25, 0.3) is 0 Å². The maximum Gasteiger partial charge on any atom is 0.252 e. The predicted molar refractivity (Wildman–Crippen MR) is 74.4 cm³/mol. The van der Waals surface area contributed by atoms with E-state index in [1.807, 2.05) is 0 Å². The fourth-order valence-electron chi connectivity index (χ4n) is 1.98. The summed E-state index contributed by atoms with van der Waals surface area (Å²) in [5.74, 6) is -0.180. The lowest BCUT2D eigenvalue weighted by Crippen LogP contribution is -2.30. The first-order valence-electron chi connectivity index (χ1n) is 5.94. The molecule has 1 saturated carbocycles. The molecule has 2 rings (SSSR count). The normalized spacial score (nSPS) is 16.4. The second-order valence-electron chi connectivity index (χ2n) is 4.82. The highest BCUT2D eigenvalue weighted by Crippen LogP contribution is 2.47. The second kappa shape index (κ2) is 5.51. The molecule has 0 bridgehead atoms. The fourth-order valence-corrected chi connectivity index (χ4v) is 2.39. The quantitative estimate of drug-likeness (QED) is 0.728. The zero-order chi connectivity index (χ0) is 13.2. The Bertz CT molecular complexity index is 460. The fraction of sp³-hybridized carbons (Fsp3) is 0.462. The van der Waals surface area contributed by atoms with E-state index in [9.17, 15) is 4.79 Å². The van der Waals surface area contributed by atoms with Crippen LogP contribution in [0.2, 0.25) is 5.02 Å². The van der Waals surface area contributed by atoms with Gasteiger partial charge in [0.2, 0.25) is 0 Å². The Hall–Kier alpha value is -0.710. The molecule has 0 unspecified atom stereocenters. The molecule has 98 valence electrons. The molecule has 1 amide bonds. The Balaban J connectivity index is 1.98. The largest absolute Gasteiger partial charge is 0.396 e. The van der Waals surface area contributed by atoms with Crippen molar-refractivity contribution >= 4 is 30.1 Å². The highest BCUT2D eigenvalue weighted by Gasteiger charge is 2.41. The summed E-state index contributed by atoms with van der Waals surface area (Å²) in [6.07, 6.45) is 2.87. The SMILES string of the molecule is O=C(NCC1(CCO)CC1)c1cc(S)ccc1Cl. The third kappa shape index (κ3) is 3.19. The first kappa shape index (κ1) is 13.7. The molecule has 1 aromatic rings. The predicted octanol–water partition coefficient (Wildman–Crippen LogP) is 2.52. The van der Waals surface area contributed by atoms with Crippen molar-refractivity contribution in [1.82, 2.24) is 5.32 Å². The van der Waals surface area contributed by atoms with E-state index >= 15 is 0 Å². The Labute approximate surface area is 117 Å². The van der Waals surface area contributed by atoms with E-state index in [0.717, 1.165) is 19.3 Å². The van der Waals surface area contributed by atoms with Crippen LogP contribution in [0.1, 0.15) is 29.6 Å². The summed E-state index contributed by atoms with van der Waals surface area (Å²) in [6, 6.07) is 5.07. The van der Waals surface area contributed by atoms with E-state index in [1.54, 1.807) is 18.2 Å². The molecule has 0 aromatic heterocycles. The molecule has 0 spiro atoms. The van der Waals surface area contributed by atoms with Gasteiger partial charge in [-0.05, 0) is 42.9 Å². The van der Waals surface area contributed by atoms with Crippen LogP contribution in [0, 0.1) is 5.41 Å². The molecular weight excluding hydrogens is 270 g/mol. The second-order valence-corrected chi connectivity index (χ2v) is 5.74. The van der Waals surface area contributed by atoms with E-state index in [0.29, 0.717) is 22.0 Å². The molecular formula is C13H16ClNO2S. The number of nitrogens with one attached hydrogen (secondary N) is 1. The van der Waals surface area contributed by atoms with Crippen LogP contribution in [-0.2, 0) is 0 Å². The van der Waals surface area contributed by atoms with Gasteiger partial charge in [-0.3, -0.25) is 4.79 Å². The number of benzene rings is 1. The molecule has 0 radical (unpaired) electrons. The van der Waals surface area contributed by atoms with Crippen LogP contribution in [0.3, 0.4) is 0 Å². The van der Waals surface area contributed by atoms with Crippen molar-refractivity contribution in [2.75, 3.05) is 13.2 Å². The number of hydrogen-bond donors (Lipinski definition) is 3. The maximum absolute atomic E-state index is 12.0. The van der Waals surface area contributed by atoms with Gasteiger partial charge < -0.3 is 10.4 Å². The number of hydrogen-bond acceptors (Lipinski definition) is 3. The van der Waals surface area contributed by atoms with Crippen molar-refractivity contribution in [3.8, 4) is 0 Å². The molecule has 1 aliphatic carbocycles. The Morgan fingerprint density at radius 1 is 1.50 bits per heavy atom. The van der Waals surface area contributed by atoms with E-state index in [-0.39, 0.29) is 17.9 Å². The summed E-state index contributed by atoms with van der Waals surface area (Å²) < 4.78 is 0. The highest BCUT2D eigenvalue weighted by atomic mass is 35.5. The summed E-state index contributed by atoms with van der Waals surface area (Å²) >= 11 is 10.2. The number of carbonyl (C=O) groups excluding carboxylic acids is 1. The van der Waals surface area contributed by atoms with Gasteiger partial charge in [0.05, 0.1) is 10.6 Å². The van der Waals surface area contributed by atoms with Gasteiger partial charge in [-0.2, -0.15) is 0 Å². The van der Waals surface area contributed by atoms with Gasteiger partial charge in [-0.25, -0.2) is 0 Å². The highest BCUT2D eigenvalue weighted by molar-refractivity contribution is 7.80. The van der Waals surface area contributed by atoms with Crippen molar-refractivity contribution in [3.63, 3.8) is 0 Å². The lowest BCUT2D eigenvalue weighted by atomic mass is 10.0. The average Bonchev–Trinajstić information content (AvgIpc) is 3.10. The molecule has 1 aliphatic rings. The van der Waals surface area contributed by atoms with Gasteiger partial charge in [0.1, 0.15) is 0 Å². The van der Waals surface area contributed by atoms with E-state index in [1.165, 1.54) is 0 Å². The van der Waals surface area contributed by atoms with Crippen molar-refractivity contribution < 1.29 is 9.90 Å². The van der Waals surface area contributed by atoms with Gasteiger partial charge in [0.15, 0.2) is 0 Å². The minimum Gasteiger partial charge on any atom is -0.396 e. The number of carbonyl (C=O) groups is 1. The lowest BCUT2D eigenvalue weighted by molar-refractivity contribution is 0.0940. The van der Waals surface area contributed by atoms with Crippen molar-refractivity contribution in [3.05, 3.63) is 28.8 Å². The van der Waals surface area contributed by atoms with E-state index in [2.05, 4.69) is 17.9 Å². The van der Waals surface area contributed by atoms with Crippen LogP contribution in [-0.4, -0.2) is 24.2 Å². The average molecular weight is 286 g/mol. The minimum atomic E-state index is -0.180. The summed E-state index contributed by atoms with van der Waals surface area (Å²) in [6.45, 7) is 0.766. The number of aliphatic hydroxyl groups is 1. The zero-order valence-electron chi connectivity index (χ0n) is 9.95. The number of thiol groups is 1. The summed E-state index contributed by atoms with van der Waals surface area (Å²) in [5, 5.41) is 12.3. The molecule has 5 heteroatoms. The Morgan fingerprint density at radius 3 is 2.83 bits per heavy atom. The van der Waals surface area contributed by atoms with Crippen molar-refractivity contribution in [2.45, 2.75) is 24.2 Å². The number of aliphatic hydroxyl groups excluding tert-OH is 1. The molecule has 18 heavy (non-hydrogen) atoms. The third-order valence-electron chi connectivity index (χ3n) is 3.42. The van der Waals surface area contributed by atoms with Crippen molar-refractivity contribution in [2.24, 2.45) is 5.41 Å². The van der Waals surface area contributed by atoms with Crippen LogP contribution >= 0.6 is 24.2 Å². The molecule has 0 saturated heterocycles. The molecule has 0 aliphatic heterocycles. The van der Waals surface area contributed by atoms with Crippen LogP contribution in [0.15, 0.2) is 23.1 Å². The summed E-state index contributed by atoms with van der Waals surface area (Å²) in [4.78, 5) is 12.7. The van der Waals surface area contributed by atoms with Crippen LogP contribution in [0.5, 0.6) is 0 Å². The number of amides is 1. The van der Waals surface area contributed by atoms with Gasteiger partial charge >= 0.3 is 0 Å². The first-order valence-corrected chi connectivity index (χ1v) is 6.76. The smallest absolute Gasteiger partial charge is 0.252 e. The first-order chi connectivity index (χ1) is 8.56. The Morgan fingerprint density at radius 2 is 2.22 bits per heavy atom. The van der Waals surface area contributed by atoms with Crippen molar-refractivity contribution in [1.29, 1.82) is 0 Å². The zero-order valence-corrected chi connectivity index (χ0v) is 11.6. The number of halogens is 1. The molecule has 3 nitrogen and oxygen atoms in total. The van der Waals surface area contributed by atoms with E-state index in [4.69, 9.17) is 16.7 Å². The Kier molecular flexibility index (Phi) is 4.20. The topological polar surface area (TPSA) is 49.3 Å². The van der Waals surface area contributed by atoms with Gasteiger partial charge in [0.25, 0.3) is 5.91 Å².